The first-order valence-electron chi connectivity index (χ1n) is 45.7. The average Bonchev–Trinajstić information content (AvgIpc) is 1.50. The standard InChI is InChI=1S/C55H67BN2S.C55H70N2S/c1-32-25-42-45-43(26-32)58-47-40(54(13)19-15-16-20-55(54,58)14)27-33(49(2,3)4)28-41(47)56(45)48-46(35-30-38-39(31-44(35)59-48)53(11,12)24-23-52(38,9)10)57(42)34-17-18-36-37(29-34)51(7,8)22-21-50(36,5)6;1-35-27-38(30-39(28-35)57-46-20-17-36(49(2,3)4)29-45(46)54(13)21-15-16-22-55(54,57)14)56(37-18-19-41-42(31-37)51(7,8)24-23-50(41,5)6)47-34-58-48-33-44-43(32-40(47)48)52(9,10)25-26-53(44,11)12/h17-18,25-31H,15-16,19-24H2,1-14H3;17-20,27-34H,15-16,21-26H2,1-14H3. The van der Waals surface area contributed by atoms with Crippen molar-refractivity contribution in [2.75, 3.05) is 19.6 Å². The Labute approximate surface area is 713 Å². The van der Waals surface area contributed by atoms with Gasteiger partial charge in [-0.15, -0.1) is 22.7 Å². The van der Waals surface area contributed by atoms with Crippen LogP contribution in [-0.4, -0.2) is 17.8 Å². The molecule has 117 heavy (non-hydrogen) atoms. The third kappa shape index (κ3) is 11.5. The van der Waals surface area contributed by atoms with E-state index in [2.05, 4.69) is 352 Å². The molecule has 8 aromatic carbocycles. The van der Waals surface area contributed by atoms with Crippen LogP contribution >= 0.6 is 22.7 Å². The van der Waals surface area contributed by atoms with Crippen LogP contribution in [0.3, 0.4) is 0 Å². The molecule has 4 atom stereocenters. The van der Waals surface area contributed by atoms with Gasteiger partial charge in [-0.3, -0.25) is 0 Å². The van der Waals surface area contributed by atoms with Crippen LogP contribution in [0.2, 0.25) is 0 Å². The molecule has 0 radical (unpaired) electrons. The fourth-order valence-electron chi connectivity index (χ4n) is 25.4. The minimum atomic E-state index is -0.0199. The Morgan fingerprint density at radius 1 is 0.350 bits per heavy atom. The molecule has 4 aliphatic heterocycles. The van der Waals surface area contributed by atoms with Gasteiger partial charge in [0.2, 0.25) is 0 Å². The molecular formula is C110H137BN4S2. The van der Waals surface area contributed by atoms with Crippen LogP contribution in [0, 0.1) is 13.8 Å². The summed E-state index contributed by atoms with van der Waals surface area (Å²) in [7, 11) is 0. The molecule has 0 saturated heterocycles. The number of fused-ring (bicyclic) bond motifs is 17. The third-order valence-electron chi connectivity index (χ3n) is 34.1. The van der Waals surface area contributed by atoms with Gasteiger partial charge in [-0.05, 0) is 333 Å². The van der Waals surface area contributed by atoms with Crippen molar-refractivity contribution >= 4 is 122 Å². The van der Waals surface area contributed by atoms with E-state index in [4.69, 9.17) is 0 Å². The van der Waals surface area contributed by atoms with E-state index in [-0.39, 0.29) is 82.8 Å². The van der Waals surface area contributed by atoms with Gasteiger partial charge in [0.1, 0.15) is 0 Å². The first-order valence-corrected chi connectivity index (χ1v) is 47.4. The number of benzene rings is 8. The molecule has 10 aliphatic rings. The molecule has 2 aromatic heterocycles. The summed E-state index contributed by atoms with van der Waals surface area (Å²) in [6.07, 6.45) is 19.8. The Kier molecular flexibility index (Phi) is 17.2. The van der Waals surface area contributed by atoms with Gasteiger partial charge < -0.3 is 19.6 Å². The van der Waals surface area contributed by atoms with E-state index in [1.165, 1.54) is 246 Å². The topological polar surface area (TPSA) is 13.0 Å². The smallest absolute Gasteiger partial charge is 0.264 e. The summed E-state index contributed by atoms with van der Waals surface area (Å²) in [6, 6.07) is 51.1. The van der Waals surface area contributed by atoms with Gasteiger partial charge in [0, 0.05) is 86.7 Å². The molecule has 612 valence electrons. The Balaban J connectivity index is 0.000000156. The number of hydrogen-bond donors (Lipinski definition) is 0. The van der Waals surface area contributed by atoms with E-state index < -0.39 is 0 Å². The van der Waals surface area contributed by atoms with Gasteiger partial charge in [-0.25, -0.2) is 0 Å². The van der Waals surface area contributed by atoms with Crippen molar-refractivity contribution in [3.05, 3.63) is 205 Å². The van der Waals surface area contributed by atoms with Crippen molar-refractivity contribution in [2.45, 2.75) is 373 Å². The van der Waals surface area contributed by atoms with Crippen molar-refractivity contribution in [3.63, 3.8) is 0 Å². The van der Waals surface area contributed by atoms with Crippen LogP contribution in [-0.2, 0) is 65.0 Å². The molecule has 6 aliphatic carbocycles. The Hall–Kier alpha value is -7.06. The Morgan fingerprint density at radius 2 is 0.821 bits per heavy atom. The van der Waals surface area contributed by atoms with Gasteiger partial charge in [0.05, 0.1) is 22.5 Å². The minimum Gasteiger partial charge on any atom is -0.335 e. The van der Waals surface area contributed by atoms with Crippen LogP contribution in [0.5, 0.6) is 0 Å². The molecule has 6 heterocycles. The van der Waals surface area contributed by atoms with Crippen molar-refractivity contribution in [1.29, 1.82) is 0 Å². The summed E-state index contributed by atoms with van der Waals surface area (Å²) >= 11 is 4.03. The first kappa shape index (κ1) is 79.7. The lowest BCUT2D eigenvalue weighted by molar-refractivity contribution is 0.195. The van der Waals surface area contributed by atoms with Gasteiger partial charge in [-0.1, -0.05) is 228 Å². The number of aryl methyl sites for hydroxylation is 2. The molecule has 0 bridgehead atoms. The van der Waals surface area contributed by atoms with E-state index in [1.807, 2.05) is 11.3 Å². The van der Waals surface area contributed by atoms with E-state index in [0.29, 0.717) is 0 Å². The third-order valence-corrected chi connectivity index (χ3v) is 36.2. The monoisotopic (exact) mass is 1590 g/mol. The van der Waals surface area contributed by atoms with Crippen LogP contribution in [0.4, 0.5) is 56.9 Å². The fraction of sp³-hybridized carbons (Fsp3) is 0.527. The lowest BCUT2D eigenvalue weighted by Gasteiger charge is -2.52. The molecule has 7 heteroatoms. The molecule has 2 fully saturated rings. The number of nitrogens with zero attached hydrogens (tertiary/aromatic N) is 4. The maximum absolute atomic E-state index is 2.92. The zero-order chi connectivity index (χ0) is 83.4. The van der Waals surface area contributed by atoms with E-state index >= 15 is 0 Å². The number of anilines is 10. The maximum Gasteiger partial charge on any atom is 0.264 e. The molecule has 0 spiro atoms. The molecule has 0 N–H and O–H groups in total. The largest absolute Gasteiger partial charge is 0.335 e. The van der Waals surface area contributed by atoms with E-state index in [0.717, 1.165) is 0 Å². The highest BCUT2D eigenvalue weighted by molar-refractivity contribution is 7.33. The predicted octanol–water partition coefficient (Wildman–Crippen LogP) is 30.0. The van der Waals surface area contributed by atoms with E-state index in [1.54, 1.807) is 27.7 Å². The highest BCUT2D eigenvalue weighted by Crippen LogP contribution is 2.66. The van der Waals surface area contributed by atoms with Crippen LogP contribution in [0.25, 0.3) is 20.2 Å². The summed E-state index contributed by atoms with van der Waals surface area (Å²) in [5.41, 5.74) is 39.2. The zero-order valence-corrected chi connectivity index (χ0v) is 78.8. The number of thiophene rings is 2. The quantitative estimate of drug-likeness (QED) is 0.159. The minimum absolute atomic E-state index is 0.00823. The zero-order valence-electron chi connectivity index (χ0n) is 77.1. The number of hydrogen-bond acceptors (Lipinski definition) is 6. The normalized spacial score (nSPS) is 25.7. The van der Waals surface area contributed by atoms with Gasteiger partial charge >= 0.3 is 0 Å². The van der Waals surface area contributed by atoms with Crippen molar-refractivity contribution in [1.82, 2.24) is 0 Å². The van der Waals surface area contributed by atoms with Crippen LogP contribution in [0.1, 0.15) is 361 Å². The molecule has 20 rings (SSSR count). The van der Waals surface area contributed by atoms with Crippen molar-refractivity contribution in [2.24, 2.45) is 0 Å². The molecule has 4 nitrogen and oxygen atoms in total. The Bertz CT molecular complexity index is 5860. The molecule has 0 amide bonds. The predicted molar refractivity (Wildman–Crippen MR) is 511 cm³/mol. The SMILES string of the molecule is Cc1cc(N(c2ccc3c(c2)C(C)(C)CCC3(C)C)c2csc3cc4c(cc23)C(C)(C)CCC4(C)C)cc(N2c3ccc(C(C)(C)C)cc3C3(C)CCCCC23C)c1.Cc1cc2c3c(c1)N1c4c(cc(C(C)(C)C)cc4C4(C)CCCCC14C)B3c1sc3cc4c(cc3c1N2c1ccc2c(c1)C(C)(C)CCC2(C)C)C(C)(C)CCC4(C)C. The number of rotatable bonds is 5. The van der Waals surface area contributed by atoms with Crippen molar-refractivity contribution in [3.8, 4) is 0 Å². The van der Waals surface area contributed by atoms with Crippen LogP contribution < -0.4 is 35.3 Å². The molecule has 10 aromatic rings. The first-order chi connectivity index (χ1) is 54.5. The van der Waals surface area contributed by atoms with Gasteiger partial charge in [0.25, 0.3) is 6.71 Å². The molecule has 2 saturated carbocycles. The summed E-state index contributed by atoms with van der Waals surface area (Å²) < 4.78 is 4.38. The van der Waals surface area contributed by atoms with E-state index in [9.17, 15) is 0 Å². The lowest BCUT2D eigenvalue weighted by Crippen LogP contribution is -2.64. The molecule has 4 unspecified atom stereocenters. The lowest BCUT2D eigenvalue weighted by atomic mass is 9.36. The Morgan fingerprint density at radius 3 is 1.39 bits per heavy atom. The maximum atomic E-state index is 2.92. The summed E-state index contributed by atoms with van der Waals surface area (Å²) in [5.74, 6) is 0. The summed E-state index contributed by atoms with van der Waals surface area (Å²) in [4.78, 5) is 11.1. The summed E-state index contributed by atoms with van der Waals surface area (Å²) in [5, 5.41) is 5.29. The van der Waals surface area contributed by atoms with Crippen molar-refractivity contribution < 1.29 is 0 Å². The van der Waals surface area contributed by atoms with Crippen LogP contribution in [0.15, 0.2) is 127 Å². The highest BCUT2D eigenvalue weighted by Gasteiger charge is 2.63. The second-order valence-corrected chi connectivity index (χ2v) is 49.6. The fourth-order valence-corrected chi connectivity index (χ4v) is 27.7. The summed E-state index contributed by atoms with van der Waals surface area (Å²) in [6.45, 7) is 69.2. The van der Waals surface area contributed by atoms with Gasteiger partial charge in [0.15, 0.2) is 0 Å². The second kappa shape index (κ2) is 25.3. The average molecular weight is 1590 g/mol. The second-order valence-electron chi connectivity index (χ2n) is 47.6. The van der Waals surface area contributed by atoms with Gasteiger partial charge in [-0.2, -0.15) is 0 Å². The highest BCUT2D eigenvalue weighted by atomic mass is 32.1. The molecular weight excluding hydrogens is 1450 g/mol.